The highest BCUT2D eigenvalue weighted by molar-refractivity contribution is 6.36. The third-order valence-electron chi connectivity index (χ3n) is 7.86. The highest BCUT2D eigenvalue weighted by Crippen LogP contribution is 2.36. The van der Waals surface area contributed by atoms with Gasteiger partial charge in [-0.2, -0.15) is 0 Å². The summed E-state index contributed by atoms with van der Waals surface area (Å²) < 4.78 is 0. The Bertz CT molecular complexity index is 1750. The van der Waals surface area contributed by atoms with E-state index >= 15 is 0 Å². The maximum absolute atomic E-state index is 13.7. The zero-order chi connectivity index (χ0) is 32.1. The van der Waals surface area contributed by atoms with Crippen LogP contribution in [-0.2, 0) is 24.3 Å². The fourth-order valence-corrected chi connectivity index (χ4v) is 5.44. The topological polar surface area (TPSA) is 143 Å². The van der Waals surface area contributed by atoms with Gasteiger partial charge >= 0.3 is 0 Å². The van der Waals surface area contributed by atoms with Gasteiger partial charge in [-0.05, 0) is 65.3 Å². The summed E-state index contributed by atoms with van der Waals surface area (Å²) in [5.74, 6) is -0.674. The summed E-state index contributed by atoms with van der Waals surface area (Å²) >= 11 is 0. The molecule has 0 spiro atoms. The van der Waals surface area contributed by atoms with E-state index in [0.29, 0.717) is 54.7 Å². The zero-order valence-corrected chi connectivity index (χ0v) is 26.0. The van der Waals surface area contributed by atoms with E-state index < -0.39 is 0 Å². The lowest BCUT2D eigenvalue weighted by Gasteiger charge is -2.28. The van der Waals surface area contributed by atoms with E-state index in [4.69, 9.17) is 11.5 Å². The van der Waals surface area contributed by atoms with Crippen molar-refractivity contribution in [2.75, 3.05) is 16.8 Å². The van der Waals surface area contributed by atoms with Gasteiger partial charge in [0.15, 0.2) is 5.96 Å². The van der Waals surface area contributed by atoms with Crippen LogP contribution in [0.25, 0.3) is 10.8 Å². The molecular formula is C36H40N6O3. The fourth-order valence-electron chi connectivity index (χ4n) is 5.44. The maximum atomic E-state index is 13.7. The molecule has 0 saturated carbocycles. The van der Waals surface area contributed by atoms with Crippen LogP contribution in [0.4, 0.5) is 11.4 Å². The van der Waals surface area contributed by atoms with Crippen molar-refractivity contribution in [2.24, 2.45) is 21.9 Å². The Morgan fingerprint density at radius 2 is 1.53 bits per heavy atom. The van der Waals surface area contributed by atoms with Crippen LogP contribution in [0.3, 0.4) is 0 Å². The van der Waals surface area contributed by atoms with Gasteiger partial charge in [0.2, 0.25) is 5.91 Å². The number of rotatable bonds is 11. The van der Waals surface area contributed by atoms with Gasteiger partial charge in [0, 0.05) is 47.1 Å². The van der Waals surface area contributed by atoms with Crippen molar-refractivity contribution in [3.63, 3.8) is 0 Å². The lowest BCUT2D eigenvalue weighted by molar-refractivity contribution is -0.121. The van der Waals surface area contributed by atoms with E-state index in [2.05, 4.69) is 36.4 Å². The number of imide groups is 1. The summed E-state index contributed by atoms with van der Waals surface area (Å²) in [5.41, 5.74) is 16.4. The number of guanidine groups is 1. The van der Waals surface area contributed by atoms with Crippen LogP contribution in [0.2, 0.25) is 0 Å². The van der Waals surface area contributed by atoms with Crippen LogP contribution in [0.1, 0.15) is 71.0 Å². The predicted molar refractivity (Wildman–Crippen MR) is 180 cm³/mol. The number of aliphatic imine (C=N–C) groups is 1. The predicted octanol–water partition coefficient (Wildman–Crippen LogP) is 5.51. The number of nitrogens with zero attached hydrogens (tertiary/aromatic N) is 2. The number of carbonyl (C=O) groups excluding carboxylic acids is 3. The van der Waals surface area contributed by atoms with Crippen LogP contribution in [0, 0.1) is 5.41 Å². The highest BCUT2D eigenvalue weighted by atomic mass is 16.2. The quantitative estimate of drug-likeness (QED) is 0.101. The third kappa shape index (κ3) is 7.49. The molecule has 0 aliphatic carbocycles. The number of aryl methyl sites for hydroxylation is 1. The Hall–Kier alpha value is -5.18. The number of nitrogens with one attached hydrogen (secondary N) is 2. The molecule has 4 aromatic rings. The molecule has 0 unspecified atom stereocenters. The minimum Gasteiger partial charge on any atom is -0.380 e. The Morgan fingerprint density at radius 3 is 2.24 bits per heavy atom. The molecule has 232 valence electrons. The highest BCUT2D eigenvalue weighted by Gasteiger charge is 2.34. The Balaban J connectivity index is 1.29. The number of carbonyl (C=O) groups is 3. The first-order valence-corrected chi connectivity index (χ1v) is 15.2. The molecule has 1 heterocycles. The molecule has 0 bridgehead atoms. The second-order valence-electron chi connectivity index (χ2n) is 12.6. The summed E-state index contributed by atoms with van der Waals surface area (Å²) in [4.78, 5) is 45.0. The van der Waals surface area contributed by atoms with Gasteiger partial charge in [-0.25, -0.2) is 9.89 Å². The standard InChI is InChI=1S/C36H40N6O3/c1-36(2,3)18-19-39-31(43)17-12-23-10-13-26(14-11-23)42-33(44)28-9-5-8-27-30(16-15-29(32(27)28)34(42)45)40-21-24-6-4-7-25(20-24)22-41-35(37)38/h4-11,13-16,20,40H,12,17-19,21-22H2,1-3H3,(H,39,43)(H4,37,38,41). The van der Waals surface area contributed by atoms with Gasteiger partial charge in [-0.1, -0.05) is 69.3 Å². The van der Waals surface area contributed by atoms with Gasteiger partial charge in [0.25, 0.3) is 11.8 Å². The number of anilines is 2. The number of hydrogen-bond acceptors (Lipinski definition) is 5. The fraction of sp³-hybridized carbons (Fsp3) is 0.278. The molecular weight excluding hydrogens is 564 g/mol. The van der Waals surface area contributed by atoms with E-state index in [1.54, 1.807) is 24.3 Å². The molecule has 0 radical (unpaired) electrons. The monoisotopic (exact) mass is 604 g/mol. The van der Waals surface area contributed by atoms with Crippen LogP contribution in [0.15, 0.2) is 83.9 Å². The Labute approximate surface area is 263 Å². The average molecular weight is 605 g/mol. The van der Waals surface area contributed by atoms with Crippen LogP contribution in [-0.4, -0.2) is 30.2 Å². The molecule has 45 heavy (non-hydrogen) atoms. The van der Waals surface area contributed by atoms with Gasteiger partial charge in [0.05, 0.1) is 12.2 Å². The zero-order valence-electron chi connectivity index (χ0n) is 26.0. The maximum Gasteiger partial charge on any atom is 0.265 e. The lowest BCUT2D eigenvalue weighted by Crippen LogP contribution is -2.40. The minimum absolute atomic E-state index is 0.0136. The second-order valence-corrected chi connectivity index (χ2v) is 12.6. The third-order valence-corrected chi connectivity index (χ3v) is 7.86. The van der Waals surface area contributed by atoms with E-state index in [0.717, 1.165) is 34.2 Å². The van der Waals surface area contributed by atoms with Gasteiger partial charge in [-0.15, -0.1) is 0 Å². The van der Waals surface area contributed by atoms with Crippen molar-refractivity contribution >= 4 is 45.8 Å². The Kier molecular flexibility index (Phi) is 9.18. The van der Waals surface area contributed by atoms with Crippen LogP contribution in [0.5, 0.6) is 0 Å². The van der Waals surface area contributed by atoms with Crippen molar-refractivity contribution in [3.8, 4) is 0 Å². The summed E-state index contributed by atoms with van der Waals surface area (Å²) in [6, 6.07) is 24.4. The van der Waals surface area contributed by atoms with Crippen molar-refractivity contribution in [1.29, 1.82) is 0 Å². The molecule has 6 N–H and O–H groups in total. The van der Waals surface area contributed by atoms with Crippen molar-refractivity contribution < 1.29 is 14.4 Å². The molecule has 1 aliphatic rings. The van der Waals surface area contributed by atoms with Crippen molar-refractivity contribution in [1.82, 2.24) is 5.32 Å². The molecule has 9 heteroatoms. The first-order chi connectivity index (χ1) is 21.5. The van der Waals surface area contributed by atoms with Crippen LogP contribution >= 0.6 is 0 Å². The van der Waals surface area contributed by atoms with Gasteiger partial charge < -0.3 is 22.1 Å². The SMILES string of the molecule is CC(C)(C)CCNC(=O)CCc1ccc(N2C(=O)c3cccc4c(NCc5cccc(CN=C(N)N)c5)ccc(c34)C2=O)cc1. The largest absolute Gasteiger partial charge is 0.380 e. The van der Waals surface area contributed by atoms with Crippen LogP contribution < -0.4 is 27.0 Å². The van der Waals surface area contributed by atoms with Gasteiger partial charge in [0.1, 0.15) is 0 Å². The van der Waals surface area contributed by atoms with E-state index in [1.807, 2.05) is 54.6 Å². The first kappa shape index (κ1) is 31.3. The molecule has 5 rings (SSSR count). The van der Waals surface area contributed by atoms with Crippen molar-refractivity contribution in [2.45, 2.75) is 53.1 Å². The molecule has 0 fully saturated rings. The summed E-state index contributed by atoms with van der Waals surface area (Å²) in [6.45, 7) is 8.03. The molecule has 0 atom stereocenters. The summed E-state index contributed by atoms with van der Waals surface area (Å²) in [6.07, 6.45) is 1.86. The molecule has 3 amide bonds. The average Bonchev–Trinajstić information content (AvgIpc) is 3.01. The smallest absolute Gasteiger partial charge is 0.265 e. The lowest BCUT2D eigenvalue weighted by atomic mass is 9.92. The number of hydrogen-bond donors (Lipinski definition) is 4. The molecule has 0 aromatic heterocycles. The Morgan fingerprint density at radius 1 is 0.844 bits per heavy atom. The normalized spacial score (nSPS) is 12.7. The number of nitrogens with two attached hydrogens (primary N) is 2. The summed E-state index contributed by atoms with van der Waals surface area (Å²) in [7, 11) is 0. The van der Waals surface area contributed by atoms with Gasteiger partial charge in [-0.3, -0.25) is 14.4 Å². The van der Waals surface area contributed by atoms with E-state index in [-0.39, 0.29) is 29.1 Å². The second kappa shape index (κ2) is 13.2. The summed E-state index contributed by atoms with van der Waals surface area (Å²) in [5, 5.41) is 7.89. The minimum atomic E-state index is -0.367. The van der Waals surface area contributed by atoms with E-state index in [1.165, 1.54) is 4.90 Å². The number of benzene rings is 4. The molecule has 0 saturated heterocycles. The molecule has 9 nitrogen and oxygen atoms in total. The first-order valence-electron chi connectivity index (χ1n) is 15.2. The van der Waals surface area contributed by atoms with Crippen molar-refractivity contribution in [3.05, 3.63) is 107 Å². The molecule has 4 aromatic carbocycles. The molecule has 1 aliphatic heterocycles. The van der Waals surface area contributed by atoms with E-state index in [9.17, 15) is 14.4 Å². The number of amides is 3.